The third kappa shape index (κ3) is 6.98. The van der Waals surface area contributed by atoms with Crippen LogP contribution in [0.3, 0.4) is 0 Å². The van der Waals surface area contributed by atoms with Crippen molar-refractivity contribution in [2.24, 2.45) is 9.98 Å². The molecular weight excluding hydrogens is 302 g/mol. The summed E-state index contributed by atoms with van der Waals surface area (Å²) in [7, 11) is 7.55. The van der Waals surface area contributed by atoms with Crippen molar-refractivity contribution in [1.82, 2.24) is 4.90 Å². The van der Waals surface area contributed by atoms with Gasteiger partial charge in [0.1, 0.15) is 0 Å². The van der Waals surface area contributed by atoms with Crippen molar-refractivity contribution in [3.8, 4) is 0 Å². The summed E-state index contributed by atoms with van der Waals surface area (Å²) in [6, 6.07) is 6.49. The van der Waals surface area contributed by atoms with Crippen LogP contribution in [0.4, 0.5) is 5.69 Å². The lowest BCUT2D eigenvalue weighted by Gasteiger charge is -2.02. The molecule has 1 rings (SSSR count). The maximum atomic E-state index is 10.6. The monoisotopic (exact) mass is 322 g/mol. The van der Waals surface area contributed by atoms with Gasteiger partial charge in [0.25, 0.3) is 12.0 Å². The van der Waals surface area contributed by atoms with Crippen LogP contribution < -0.4 is 0 Å². The fourth-order valence-electron chi connectivity index (χ4n) is 1.30. The molecule has 0 radical (unpaired) electrons. The number of non-ortho nitro benzene ring substituents is 1. The molecule has 22 heavy (non-hydrogen) atoms. The third-order valence-corrected chi connectivity index (χ3v) is 3.26. The number of hydrogen-bond donors (Lipinski definition) is 0. The van der Waals surface area contributed by atoms with E-state index in [1.807, 2.05) is 37.7 Å². The van der Waals surface area contributed by atoms with Crippen molar-refractivity contribution in [3.05, 3.63) is 39.9 Å². The van der Waals surface area contributed by atoms with E-state index in [1.54, 1.807) is 24.8 Å². The smallest absolute Gasteiger partial charge is 0.302 e. The second kappa shape index (κ2) is 8.93. The predicted molar refractivity (Wildman–Crippen MR) is 92.2 cm³/mol. The van der Waals surface area contributed by atoms with Gasteiger partial charge in [-0.3, -0.25) is 14.7 Å². The van der Waals surface area contributed by atoms with E-state index in [-0.39, 0.29) is 5.69 Å². The molecule has 0 spiro atoms. The number of nitro benzene ring substituents is 1. The van der Waals surface area contributed by atoms with Crippen LogP contribution in [-0.4, -0.2) is 60.4 Å². The number of nitro groups is 1. The minimum Gasteiger partial charge on any atom is -0.369 e. The number of benzene rings is 1. The molecular formula is C14H20N5O2S+. The lowest BCUT2D eigenvalue weighted by molar-refractivity contribution is -0.460. The van der Waals surface area contributed by atoms with Crippen LogP contribution >= 0.6 is 11.8 Å². The van der Waals surface area contributed by atoms with Gasteiger partial charge < -0.3 is 4.90 Å². The van der Waals surface area contributed by atoms with Gasteiger partial charge in [0.2, 0.25) is 0 Å². The Balaban J connectivity index is 2.76. The fraction of sp³-hybridized carbons (Fsp3) is 0.357. The molecule has 0 heterocycles. The zero-order chi connectivity index (χ0) is 16.5. The molecule has 0 aliphatic heterocycles. The van der Waals surface area contributed by atoms with Gasteiger partial charge in [-0.1, -0.05) is 23.9 Å². The van der Waals surface area contributed by atoms with Gasteiger partial charge in [0, 0.05) is 32.0 Å². The highest BCUT2D eigenvalue weighted by atomic mass is 32.2. The van der Waals surface area contributed by atoms with Crippen molar-refractivity contribution in [1.29, 1.82) is 0 Å². The molecule has 0 bridgehead atoms. The van der Waals surface area contributed by atoms with E-state index >= 15 is 0 Å². The van der Waals surface area contributed by atoms with Crippen molar-refractivity contribution in [2.75, 3.05) is 28.2 Å². The average molecular weight is 322 g/mol. The van der Waals surface area contributed by atoms with E-state index in [0.29, 0.717) is 10.9 Å². The Bertz CT molecular complexity index is 590. The maximum Gasteiger partial charge on any atom is 0.302 e. The van der Waals surface area contributed by atoms with Crippen LogP contribution in [0, 0.1) is 10.1 Å². The molecule has 0 unspecified atom stereocenters. The van der Waals surface area contributed by atoms with Crippen LogP contribution in [0.2, 0.25) is 0 Å². The molecule has 0 fully saturated rings. The number of nitrogens with zero attached hydrogens (tertiary/aromatic N) is 5. The van der Waals surface area contributed by atoms with Gasteiger partial charge in [-0.25, -0.2) is 0 Å². The Morgan fingerprint density at radius 3 is 2.45 bits per heavy atom. The molecule has 0 amide bonds. The van der Waals surface area contributed by atoms with Crippen molar-refractivity contribution in [2.45, 2.75) is 5.75 Å². The Labute approximate surface area is 134 Å². The van der Waals surface area contributed by atoms with Crippen molar-refractivity contribution < 1.29 is 9.50 Å². The molecule has 1 aromatic rings. The molecule has 8 heteroatoms. The van der Waals surface area contributed by atoms with Gasteiger partial charge in [-0.15, -0.1) is 0 Å². The third-order valence-electron chi connectivity index (χ3n) is 2.31. The second-order valence-corrected chi connectivity index (χ2v) is 5.85. The van der Waals surface area contributed by atoms with Crippen molar-refractivity contribution in [3.63, 3.8) is 0 Å². The topological polar surface area (TPSA) is 74.1 Å². The van der Waals surface area contributed by atoms with Crippen molar-refractivity contribution >= 4 is 35.3 Å². The van der Waals surface area contributed by atoms with Gasteiger partial charge in [0.15, 0.2) is 0 Å². The summed E-state index contributed by atoms with van der Waals surface area (Å²) in [6.07, 6.45) is 3.37. The van der Waals surface area contributed by atoms with Gasteiger partial charge in [-0.2, -0.15) is 4.99 Å². The molecule has 0 aliphatic rings. The summed E-state index contributed by atoms with van der Waals surface area (Å²) in [5.41, 5.74) is 1.07. The number of aliphatic imine (C=N–C) groups is 2. The van der Waals surface area contributed by atoms with E-state index in [2.05, 4.69) is 9.98 Å². The Morgan fingerprint density at radius 1 is 1.32 bits per heavy atom. The molecule has 7 nitrogen and oxygen atoms in total. The SMILES string of the molecule is CN(C)/C=N/C(=NC=[N+](C)C)SCc1ccc([N+](=O)[O-])cc1. The first-order valence-corrected chi connectivity index (χ1v) is 7.51. The minimum absolute atomic E-state index is 0.0919. The second-order valence-electron chi connectivity index (χ2n) is 4.91. The molecule has 1 aromatic carbocycles. The summed E-state index contributed by atoms with van der Waals surface area (Å²) in [6.45, 7) is 0. The molecule has 0 saturated carbocycles. The maximum absolute atomic E-state index is 10.6. The quantitative estimate of drug-likeness (QED) is 0.273. The zero-order valence-electron chi connectivity index (χ0n) is 13.1. The Hall–Kier alpha value is -2.22. The molecule has 0 saturated heterocycles. The lowest BCUT2D eigenvalue weighted by atomic mass is 10.2. The summed E-state index contributed by atoms with van der Waals surface area (Å²) < 4.78 is 1.83. The highest BCUT2D eigenvalue weighted by Gasteiger charge is 2.07. The van der Waals surface area contributed by atoms with Crippen LogP contribution in [0.25, 0.3) is 0 Å². The Kier molecular flexibility index (Phi) is 7.24. The first kappa shape index (κ1) is 17.8. The fourth-order valence-corrected chi connectivity index (χ4v) is 2.03. The summed E-state index contributed by atoms with van der Waals surface area (Å²) in [5, 5.41) is 11.3. The van der Waals surface area contributed by atoms with Crippen LogP contribution in [0.15, 0.2) is 34.3 Å². The number of rotatable bonds is 5. The predicted octanol–water partition coefficient (Wildman–Crippen LogP) is 2.07. The Morgan fingerprint density at radius 2 is 1.95 bits per heavy atom. The minimum atomic E-state index is -0.406. The van der Waals surface area contributed by atoms with Crippen LogP contribution in [0.1, 0.15) is 5.56 Å². The zero-order valence-corrected chi connectivity index (χ0v) is 13.9. The van der Waals surface area contributed by atoms with Crippen LogP contribution in [-0.2, 0) is 5.75 Å². The van der Waals surface area contributed by atoms with E-state index in [0.717, 1.165) is 5.56 Å². The standard InChI is InChI=1S/C14H20N5O2S/c1-17(2)10-15-14(16-11-18(3)4)22-9-12-5-7-13(8-6-12)19(20)21/h5-8,10-11H,9H2,1-4H3/q+1. The van der Waals surface area contributed by atoms with Gasteiger partial charge >= 0.3 is 5.17 Å². The van der Waals surface area contributed by atoms with E-state index in [1.165, 1.54) is 23.9 Å². The highest BCUT2D eigenvalue weighted by molar-refractivity contribution is 8.13. The van der Waals surface area contributed by atoms with Crippen LogP contribution in [0.5, 0.6) is 0 Å². The molecule has 0 atom stereocenters. The molecule has 0 aliphatic carbocycles. The molecule has 118 valence electrons. The first-order chi connectivity index (χ1) is 10.4. The summed E-state index contributed by atoms with van der Waals surface area (Å²) in [5.74, 6) is 0.642. The van der Waals surface area contributed by atoms with E-state index in [9.17, 15) is 10.1 Å². The summed E-state index contributed by atoms with van der Waals surface area (Å²) >= 11 is 1.47. The normalized spacial score (nSPS) is 11.5. The number of thioether (sulfide) groups is 1. The molecule has 0 aromatic heterocycles. The average Bonchev–Trinajstić information content (AvgIpc) is 2.46. The largest absolute Gasteiger partial charge is 0.369 e. The first-order valence-electron chi connectivity index (χ1n) is 6.53. The van der Waals surface area contributed by atoms with Gasteiger partial charge in [0.05, 0.1) is 25.4 Å². The number of hydrogen-bond acceptors (Lipinski definition) is 3. The summed E-state index contributed by atoms with van der Waals surface area (Å²) in [4.78, 5) is 20.7. The number of amidine groups is 1. The van der Waals surface area contributed by atoms with E-state index < -0.39 is 4.92 Å². The van der Waals surface area contributed by atoms with E-state index in [4.69, 9.17) is 0 Å². The highest BCUT2D eigenvalue weighted by Crippen LogP contribution is 2.18. The lowest BCUT2D eigenvalue weighted by Crippen LogP contribution is -2.09. The van der Waals surface area contributed by atoms with Gasteiger partial charge in [-0.05, 0) is 10.6 Å². The molecule has 0 N–H and O–H groups in total.